The Bertz CT molecular complexity index is 1010. The third-order valence-electron chi connectivity index (χ3n) is 5.71. The lowest BCUT2D eigenvalue weighted by atomic mass is 9.93. The van der Waals surface area contributed by atoms with Crippen LogP contribution in [0.25, 0.3) is 16.5 Å². The van der Waals surface area contributed by atoms with Crippen LogP contribution >= 0.6 is 0 Å². The van der Waals surface area contributed by atoms with Crippen molar-refractivity contribution >= 4 is 22.3 Å². The number of benzene rings is 1. The van der Waals surface area contributed by atoms with E-state index in [9.17, 15) is 4.79 Å². The van der Waals surface area contributed by atoms with E-state index in [2.05, 4.69) is 11.0 Å². The molecule has 0 aliphatic carbocycles. The summed E-state index contributed by atoms with van der Waals surface area (Å²) in [6, 6.07) is 9.74. The van der Waals surface area contributed by atoms with Gasteiger partial charge in [-0.25, -0.2) is 0 Å². The molecule has 0 amide bonds. The highest BCUT2D eigenvalue weighted by atomic mass is 16.3. The summed E-state index contributed by atoms with van der Waals surface area (Å²) < 4.78 is 6.92. The van der Waals surface area contributed by atoms with Gasteiger partial charge in [0, 0.05) is 35.3 Å². The third kappa shape index (κ3) is 2.39. The van der Waals surface area contributed by atoms with Crippen molar-refractivity contribution in [2.75, 3.05) is 18.9 Å². The first-order chi connectivity index (χ1) is 12.7. The van der Waals surface area contributed by atoms with Crippen LogP contribution < -0.4 is 5.84 Å². The zero-order chi connectivity index (χ0) is 17.7. The number of hydrogen-bond donors (Lipinski definition) is 1. The summed E-state index contributed by atoms with van der Waals surface area (Å²) >= 11 is 0. The average Bonchev–Trinajstić information content (AvgIpc) is 3.40. The molecule has 1 saturated heterocycles. The number of nitrogens with two attached hydrogens (primary N) is 1. The molecule has 2 N–H and O–H groups in total. The average molecular weight is 347 g/mol. The van der Waals surface area contributed by atoms with E-state index in [-0.39, 0.29) is 5.78 Å². The lowest BCUT2D eigenvalue weighted by Gasteiger charge is -2.29. The highest BCUT2D eigenvalue weighted by Gasteiger charge is 2.29. The summed E-state index contributed by atoms with van der Waals surface area (Å²) in [5.41, 5.74) is 4.04. The molecule has 2 aliphatic rings. The van der Waals surface area contributed by atoms with Gasteiger partial charge in [0.05, 0.1) is 11.8 Å². The molecule has 0 spiro atoms. The number of ketones is 1. The summed E-state index contributed by atoms with van der Waals surface area (Å²) in [5.74, 6) is 6.44. The highest BCUT2D eigenvalue weighted by Crippen LogP contribution is 2.36. The number of rotatable bonds is 3. The van der Waals surface area contributed by atoms with Crippen LogP contribution in [0.5, 0.6) is 0 Å². The SMILES string of the molecule is Nn1cc(C2=CCN3CCCC3C2)c2cc(C(=O)c3ccco3)ccc21. The van der Waals surface area contributed by atoms with Crippen LogP contribution in [0.4, 0.5) is 0 Å². The summed E-state index contributed by atoms with van der Waals surface area (Å²) in [6.45, 7) is 2.21. The predicted octanol–water partition coefficient (Wildman–Crippen LogP) is 3.43. The number of nitrogens with zero attached hydrogens (tertiary/aromatic N) is 2. The van der Waals surface area contributed by atoms with Crippen LogP contribution in [0.15, 0.2) is 53.3 Å². The first-order valence-corrected chi connectivity index (χ1v) is 9.12. The van der Waals surface area contributed by atoms with Crippen molar-refractivity contribution in [2.24, 2.45) is 0 Å². The van der Waals surface area contributed by atoms with Crippen LogP contribution in [0.1, 0.15) is 40.9 Å². The lowest BCUT2D eigenvalue weighted by Crippen LogP contribution is -2.32. The molecule has 5 heteroatoms. The maximum absolute atomic E-state index is 12.6. The molecule has 26 heavy (non-hydrogen) atoms. The third-order valence-corrected chi connectivity index (χ3v) is 5.71. The van der Waals surface area contributed by atoms with Gasteiger partial charge in [-0.1, -0.05) is 6.08 Å². The molecule has 2 aliphatic heterocycles. The van der Waals surface area contributed by atoms with E-state index < -0.39 is 0 Å². The molecule has 1 fully saturated rings. The fourth-order valence-electron chi connectivity index (χ4n) is 4.35. The van der Waals surface area contributed by atoms with E-state index in [0.717, 1.165) is 29.4 Å². The van der Waals surface area contributed by atoms with Crippen molar-refractivity contribution in [3.8, 4) is 0 Å². The van der Waals surface area contributed by atoms with Gasteiger partial charge in [-0.3, -0.25) is 14.4 Å². The molecule has 1 aromatic carbocycles. The molecular formula is C21H21N3O2. The van der Waals surface area contributed by atoms with Gasteiger partial charge in [-0.15, -0.1) is 0 Å². The summed E-state index contributed by atoms with van der Waals surface area (Å²) in [6.07, 6.45) is 9.43. The second-order valence-electron chi connectivity index (χ2n) is 7.21. The van der Waals surface area contributed by atoms with Crippen molar-refractivity contribution in [1.82, 2.24) is 9.58 Å². The summed E-state index contributed by atoms with van der Waals surface area (Å²) in [7, 11) is 0. The molecule has 132 valence electrons. The van der Waals surface area contributed by atoms with Gasteiger partial charge in [-0.05, 0) is 61.7 Å². The molecular weight excluding hydrogens is 326 g/mol. The highest BCUT2D eigenvalue weighted by molar-refractivity contribution is 6.09. The maximum Gasteiger partial charge on any atom is 0.228 e. The minimum Gasteiger partial charge on any atom is -0.461 e. The first-order valence-electron chi connectivity index (χ1n) is 9.12. The molecule has 0 saturated carbocycles. The van der Waals surface area contributed by atoms with Crippen LogP contribution in [0, 0.1) is 0 Å². The van der Waals surface area contributed by atoms with Crippen LogP contribution in [-0.4, -0.2) is 34.5 Å². The Morgan fingerprint density at radius 1 is 1.27 bits per heavy atom. The van der Waals surface area contributed by atoms with Gasteiger partial charge in [0.25, 0.3) is 0 Å². The predicted molar refractivity (Wildman–Crippen MR) is 101 cm³/mol. The number of aromatic nitrogens is 1. The topological polar surface area (TPSA) is 64.4 Å². The Morgan fingerprint density at radius 3 is 3.04 bits per heavy atom. The Balaban J connectivity index is 1.57. The first kappa shape index (κ1) is 15.5. The molecule has 5 rings (SSSR count). The second kappa shape index (κ2) is 5.88. The lowest BCUT2D eigenvalue weighted by molar-refractivity contribution is 0.101. The van der Waals surface area contributed by atoms with Crippen molar-refractivity contribution in [1.29, 1.82) is 0 Å². The minimum absolute atomic E-state index is 0.104. The molecule has 2 aromatic heterocycles. The van der Waals surface area contributed by atoms with Gasteiger partial charge >= 0.3 is 0 Å². The number of fused-ring (bicyclic) bond motifs is 2. The van der Waals surface area contributed by atoms with Crippen LogP contribution in [0.2, 0.25) is 0 Å². The second-order valence-corrected chi connectivity index (χ2v) is 7.21. The van der Waals surface area contributed by atoms with E-state index in [1.807, 2.05) is 24.4 Å². The van der Waals surface area contributed by atoms with E-state index >= 15 is 0 Å². The molecule has 1 unspecified atom stereocenters. The normalized spacial score (nSPS) is 20.3. The number of nitrogen functional groups attached to an aromatic ring is 1. The van der Waals surface area contributed by atoms with Crippen molar-refractivity contribution < 1.29 is 9.21 Å². The van der Waals surface area contributed by atoms with Gasteiger partial charge < -0.3 is 10.3 Å². The maximum atomic E-state index is 12.6. The van der Waals surface area contributed by atoms with E-state index in [0.29, 0.717) is 17.4 Å². The molecule has 1 atom stereocenters. The monoisotopic (exact) mass is 347 g/mol. The molecule has 0 bridgehead atoms. The summed E-state index contributed by atoms with van der Waals surface area (Å²) in [4.78, 5) is 15.2. The number of carbonyl (C=O) groups excluding carboxylic acids is 1. The zero-order valence-electron chi connectivity index (χ0n) is 14.5. The van der Waals surface area contributed by atoms with Crippen LogP contribution in [-0.2, 0) is 0 Å². The molecule has 0 radical (unpaired) electrons. The van der Waals surface area contributed by atoms with Gasteiger partial charge in [-0.2, -0.15) is 0 Å². The molecule has 3 aromatic rings. The van der Waals surface area contributed by atoms with E-state index in [4.69, 9.17) is 10.3 Å². The number of hydrogen-bond acceptors (Lipinski definition) is 4. The summed E-state index contributed by atoms with van der Waals surface area (Å²) in [5, 5.41) is 1.03. The smallest absolute Gasteiger partial charge is 0.228 e. The van der Waals surface area contributed by atoms with E-state index in [1.165, 1.54) is 31.2 Å². The Hall–Kier alpha value is -2.79. The Morgan fingerprint density at radius 2 is 2.19 bits per heavy atom. The largest absolute Gasteiger partial charge is 0.461 e. The van der Waals surface area contributed by atoms with Gasteiger partial charge in [0.15, 0.2) is 5.76 Å². The fraction of sp³-hybridized carbons (Fsp3) is 0.286. The van der Waals surface area contributed by atoms with Crippen LogP contribution in [0.3, 0.4) is 0 Å². The standard InChI is InChI=1S/C21H21N3O2/c22-24-13-18(14-7-9-23-8-1-3-16(23)11-14)17-12-15(5-6-19(17)24)21(25)20-4-2-10-26-20/h2,4-7,10,12-13,16H,1,3,8-9,11,22H2. The van der Waals surface area contributed by atoms with Gasteiger partial charge in [0.2, 0.25) is 5.78 Å². The Kier molecular flexibility index (Phi) is 3.50. The van der Waals surface area contributed by atoms with Crippen molar-refractivity contribution in [3.05, 3.63) is 65.8 Å². The fourth-order valence-corrected chi connectivity index (χ4v) is 4.35. The molecule has 4 heterocycles. The van der Waals surface area contributed by atoms with Gasteiger partial charge in [0.1, 0.15) is 0 Å². The quantitative estimate of drug-likeness (QED) is 0.582. The van der Waals surface area contributed by atoms with E-state index in [1.54, 1.807) is 16.8 Å². The number of furan rings is 1. The van der Waals surface area contributed by atoms with Crippen molar-refractivity contribution in [3.63, 3.8) is 0 Å². The number of carbonyl (C=O) groups is 1. The minimum atomic E-state index is -0.104. The zero-order valence-corrected chi connectivity index (χ0v) is 14.5. The van der Waals surface area contributed by atoms with Crippen molar-refractivity contribution in [2.45, 2.75) is 25.3 Å². The Labute approximate surface area is 151 Å². The molecule has 5 nitrogen and oxygen atoms in total.